The van der Waals surface area contributed by atoms with Crippen LogP contribution < -0.4 is 5.32 Å². The van der Waals surface area contributed by atoms with Gasteiger partial charge in [-0.15, -0.1) is 0 Å². The van der Waals surface area contributed by atoms with Gasteiger partial charge in [0.25, 0.3) is 0 Å². The van der Waals surface area contributed by atoms with Gasteiger partial charge in [-0.05, 0) is 56.3 Å². The molecule has 1 saturated heterocycles. The highest BCUT2D eigenvalue weighted by Crippen LogP contribution is 2.31. The minimum Gasteiger partial charge on any atom is -0.334 e. The van der Waals surface area contributed by atoms with Gasteiger partial charge in [-0.3, -0.25) is 0 Å². The van der Waals surface area contributed by atoms with Gasteiger partial charge in [-0.1, -0.05) is 24.4 Å². The van der Waals surface area contributed by atoms with Crippen LogP contribution in [-0.2, 0) is 7.05 Å². The topological polar surface area (TPSA) is 46.0 Å². The Morgan fingerprint density at radius 2 is 1.89 bits per heavy atom. The van der Waals surface area contributed by atoms with Crippen molar-refractivity contribution in [2.75, 3.05) is 18.4 Å². The summed E-state index contributed by atoms with van der Waals surface area (Å²) in [6.45, 7) is 2.35. The summed E-state index contributed by atoms with van der Waals surface area (Å²) < 4.78 is 2.03. The second kappa shape index (κ2) is 7.26. The van der Waals surface area contributed by atoms with E-state index < -0.39 is 0 Å². The molecule has 0 atom stereocenters. The average Bonchev–Trinajstić information content (AvgIpc) is 3.48. The lowest BCUT2D eigenvalue weighted by molar-refractivity contribution is 0.201. The van der Waals surface area contributed by atoms with Crippen LogP contribution in [0.5, 0.6) is 0 Å². The van der Waals surface area contributed by atoms with Gasteiger partial charge in [-0.25, -0.2) is 9.97 Å². The minimum atomic E-state index is 0.461. The molecule has 1 N–H and O–H groups in total. The largest absolute Gasteiger partial charge is 0.334 e. The van der Waals surface area contributed by atoms with Crippen LogP contribution in [0, 0.1) is 5.92 Å². The molecule has 0 spiro atoms. The lowest BCUT2D eigenvalue weighted by Gasteiger charge is -2.32. The number of likely N-dealkylation sites (tertiary alicyclic amines) is 1. The summed E-state index contributed by atoms with van der Waals surface area (Å²) in [5.41, 5.74) is 2.26. The third-order valence-electron chi connectivity index (χ3n) is 6.05. The zero-order chi connectivity index (χ0) is 19.1. The number of imidazole rings is 1. The molecule has 0 radical (unpaired) electrons. The third-order valence-corrected chi connectivity index (χ3v) is 6.48. The Balaban J connectivity index is 1.31. The second-order valence-electron chi connectivity index (χ2n) is 8.05. The van der Waals surface area contributed by atoms with Gasteiger partial charge in [0.1, 0.15) is 5.82 Å². The molecule has 2 fully saturated rings. The summed E-state index contributed by atoms with van der Waals surface area (Å²) in [6, 6.07) is 9.38. The first kappa shape index (κ1) is 17.8. The first-order valence-electron chi connectivity index (χ1n) is 10.1. The van der Waals surface area contributed by atoms with Crippen molar-refractivity contribution in [2.45, 2.75) is 31.7 Å². The van der Waals surface area contributed by atoms with Crippen molar-refractivity contribution in [3.05, 3.63) is 43.0 Å². The lowest BCUT2D eigenvalue weighted by Crippen LogP contribution is -2.38. The Hall–Kier alpha value is -2.31. The molecular weight excluding hydrogens is 366 g/mol. The van der Waals surface area contributed by atoms with Gasteiger partial charge >= 0.3 is 0 Å². The Labute approximate surface area is 170 Å². The molecule has 1 aromatic carbocycles. The van der Waals surface area contributed by atoms with E-state index in [9.17, 15) is 0 Å². The van der Waals surface area contributed by atoms with E-state index in [2.05, 4.69) is 44.5 Å². The van der Waals surface area contributed by atoms with Crippen molar-refractivity contribution < 1.29 is 0 Å². The molecule has 0 unspecified atom stereocenters. The van der Waals surface area contributed by atoms with Crippen LogP contribution in [0.25, 0.3) is 22.0 Å². The van der Waals surface area contributed by atoms with Crippen LogP contribution in [-0.4, -0.2) is 43.6 Å². The molecule has 5 nitrogen and oxygen atoms in total. The molecule has 0 amide bonds. The zero-order valence-electron chi connectivity index (χ0n) is 16.1. The first-order valence-corrected chi connectivity index (χ1v) is 10.5. The molecule has 6 heteroatoms. The van der Waals surface area contributed by atoms with E-state index in [1.165, 1.54) is 25.9 Å². The van der Waals surface area contributed by atoms with E-state index in [-0.39, 0.29) is 0 Å². The van der Waals surface area contributed by atoms with E-state index in [4.69, 9.17) is 12.2 Å². The maximum Gasteiger partial charge on any atom is 0.131 e. The molecule has 2 aromatic heterocycles. The van der Waals surface area contributed by atoms with Crippen LogP contribution >= 0.6 is 12.2 Å². The predicted molar refractivity (Wildman–Crippen MR) is 117 cm³/mol. The average molecular weight is 392 g/mol. The van der Waals surface area contributed by atoms with E-state index in [0.29, 0.717) is 5.92 Å². The van der Waals surface area contributed by atoms with E-state index >= 15 is 0 Å². The molecule has 5 rings (SSSR count). The molecule has 144 valence electrons. The number of hydrogen-bond acceptors (Lipinski definition) is 4. The van der Waals surface area contributed by atoms with Crippen LogP contribution in [0.1, 0.15) is 25.7 Å². The van der Waals surface area contributed by atoms with Crippen LogP contribution in [0.2, 0.25) is 0 Å². The number of rotatable bonds is 4. The van der Waals surface area contributed by atoms with Gasteiger partial charge in [0.05, 0.1) is 23.2 Å². The number of piperidine rings is 1. The second-order valence-corrected chi connectivity index (χ2v) is 8.49. The molecule has 0 bridgehead atoms. The smallest absolute Gasteiger partial charge is 0.131 e. The molecule has 1 aliphatic heterocycles. The van der Waals surface area contributed by atoms with Crippen molar-refractivity contribution >= 4 is 33.8 Å². The fourth-order valence-corrected chi connectivity index (χ4v) is 4.54. The number of pyridine rings is 1. The number of nitrogens with one attached hydrogen (secondary N) is 1. The summed E-state index contributed by atoms with van der Waals surface area (Å²) in [6.07, 6.45) is 10.7. The number of benzene rings is 1. The monoisotopic (exact) mass is 391 g/mol. The number of thiocarbonyl (C=S) groups is 1. The number of hydrogen-bond donors (Lipinski definition) is 1. The van der Waals surface area contributed by atoms with E-state index in [0.717, 1.165) is 51.7 Å². The molecule has 2 aliphatic rings. The van der Waals surface area contributed by atoms with Crippen molar-refractivity contribution in [1.29, 1.82) is 0 Å². The summed E-state index contributed by atoms with van der Waals surface area (Å²) in [4.78, 5) is 12.4. The number of aryl methyl sites for hydroxylation is 1. The predicted octanol–water partition coefficient (Wildman–Crippen LogP) is 4.25. The van der Waals surface area contributed by atoms with Crippen molar-refractivity contribution in [3.8, 4) is 11.3 Å². The number of nitrogens with zero attached hydrogens (tertiary/aromatic N) is 4. The van der Waals surface area contributed by atoms with Gasteiger partial charge in [0, 0.05) is 36.2 Å². The number of fused-ring (bicyclic) bond motifs is 1. The van der Waals surface area contributed by atoms with Crippen molar-refractivity contribution in [1.82, 2.24) is 19.4 Å². The fraction of sp³-hybridized carbons (Fsp3) is 0.409. The van der Waals surface area contributed by atoms with E-state index in [1.807, 2.05) is 30.3 Å². The Morgan fingerprint density at radius 3 is 2.61 bits per heavy atom. The summed E-state index contributed by atoms with van der Waals surface area (Å²) in [7, 11) is 2.01. The SMILES string of the molecule is Cn1cncc1-c1ccc2cnc(NC(=S)C3CCN(C4CC4)CC3)cc2c1. The normalized spacial score (nSPS) is 18.5. The maximum atomic E-state index is 5.73. The Bertz CT molecular complexity index is 1010. The fourth-order valence-electron chi connectivity index (χ4n) is 4.20. The van der Waals surface area contributed by atoms with E-state index in [1.54, 1.807) is 0 Å². The van der Waals surface area contributed by atoms with Gasteiger partial charge < -0.3 is 14.8 Å². The lowest BCUT2D eigenvalue weighted by atomic mass is 9.96. The zero-order valence-corrected chi connectivity index (χ0v) is 17.0. The number of aromatic nitrogens is 3. The van der Waals surface area contributed by atoms with Crippen LogP contribution in [0.3, 0.4) is 0 Å². The molecule has 1 aliphatic carbocycles. The minimum absolute atomic E-state index is 0.461. The summed E-state index contributed by atoms with van der Waals surface area (Å²) in [5.74, 6) is 1.30. The molecular formula is C22H25N5S. The molecule has 3 aromatic rings. The quantitative estimate of drug-likeness (QED) is 0.674. The van der Waals surface area contributed by atoms with Gasteiger partial charge in [0.15, 0.2) is 0 Å². The molecule has 3 heterocycles. The van der Waals surface area contributed by atoms with Crippen LogP contribution in [0.15, 0.2) is 43.0 Å². The highest BCUT2D eigenvalue weighted by molar-refractivity contribution is 7.80. The standard InChI is InChI=1S/C22H25N5S/c1-26-14-23-13-20(26)16-2-3-17-12-24-21(11-18(17)10-16)25-22(28)15-6-8-27(9-7-15)19-4-5-19/h2-3,10-15,19H,4-9H2,1H3,(H,24,25,28). The van der Waals surface area contributed by atoms with Crippen molar-refractivity contribution in [2.24, 2.45) is 13.0 Å². The highest BCUT2D eigenvalue weighted by atomic mass is 32.1. The Kier molecular flexibility index (Phi) is 4.61. The van der Waals surface area contributed by atoms with Gasteiger partial charge in [0.2, 0.25) is 0 Å². The first-order chi connectivity index (χ1) is 13.7. The Morgan fingerprint density at radius 1 is 1.07 bits per heavy atom. The molecule has 28 heavy (non-hydrogen) atoms. The summed E-state index contributed by atoms with van der Waals surface area (Å²) in [5, 5.41) is 5.69. The van der Waals surface area contributed by atoms with Crippen LogP contribution in [0.4, 0.5) is 5.82 Å². The third kappa shape index (κ3) is 3.54. The number of anilines is 1. The molecule has 1 saturated carbocycles. The van der Waals surface area contributed by atoms with Crippen molar-refractivity contribution in [3.63, 3.8) is 0 Å². The summed E-state index contributed by atoms with van der Waals surface area (Å²) >= 11 is 5.73. The highest BCUT2D eigenvalue weighted by Gasteiger charge is 2.32. The maximum absolute atomic E-state index is 5.73. The van der Waals surface area contributed by atoms with Gasteiger partial charge in [-0.2, -0.15) is 0 Å².